The number of ether oxygens (including phenoxy) is 2. The Bertz CT molecular complexity index is 1360. The Morgan fingerprint density at radius 1 is 1.18 bits per heavy atom. The van der Waals surface area contributed by atoms with Crippen molar-refractivity contribution in [1.82, 2.24) is 20.0 Å². The Balaban J connectivity index is 1.47. The Kier molecular flexibility index (Phi) is 5.93. The van der Waals surface area contributed by atoms with Crippen LogP contribution in [0.15, 0.2) is 65.1 Å². The normalized spacial score (nSPS) is 15.7. The number of para-hydroxylation sites is 1. The SMILES string of the molecule is COc1cc([C@@H]2CC(c3cccs3)=NN2C(=O)Cn2nnc3ccccc32)ccc1OC(F)F. The number of methoxy groups -OCH3 is 1. The number of hydrazone groups is 1. The molecule has 174 valence electrons. The van der Waals surface area contributed by atoms with Gasteiger partial charge in [-0.3, -0.25) is 4.79 Å². The van der Waals surface area contributed by atoms with Gasteiger partial charge in [0.05, 0.1) is 29.3 Å². The first-order chi connectivity index (χ1) is 16.5. The van der Waals surface area contributed by atoms with E-state index in [0.29, 0.717) is 17.5 Å². The van der Waals surface area contributed by atoms with Gasteiger partial charge >= 0.3 is 6.61 Å². The van der Waals surface area contributed by atoms with Crippen molar-refractivity contribution in [3.63, 3.8) is 0 Å². The molecule has 3 heterocycles. The Morgan fingerprint density at radius 3 is 2.79 bits per heavy atom. The van der Waals surface area contributed by atoms with E-state index >= 15 is 0 Å². The molecule has 1 atom stereocenters. The van der Waals surface area contributed by atoms with Gasteiger partial charge in [-0.15, -0.1) is 16.4 Å². The van der Waals surface area contributed by atoms with Gasteiger partial charge in [0.15, 0.2) is 11.5 Å². The highest BCUT2D eigenvalue weighted by Gasteiger charge is 2.34. The van der Waals surface area contributed by atoms with Crippen LogP contribution in [0.5, 0.6) is 11.5 Å². The van der Waals surface area contributed by atoms with Crippen LogP contribution in [0, 0.1) is 0 Å². The molecule has 5 rings (SSSR count). The summed E-state index contributed by atoms with van der Waals surface area (Å²) in [5, 5.41) is 16.2. The molecular weight excluding hydrogens is 464 g/mol. The fraction of sp³-hybridized carbons (Fsp3) is 0.217. The quantitative estimate of drug-likeness (QED) is 0.387. The van der Waals surface area contributed by atoms with Crippen LogP contribution >= 0.6 is 11.3 Å². The van der Waals surface area contributed by atoms with Crippen LogP contribution in [-0.4, -0.2) is 45.3 Å². The first kappa shape index (κ1) is 22.0. The van der Waals surface area contributed by atoms with E-state index in [1.165, 1.54) is 34.2 Å². The van der Waals surface area contributed by atoms with E-state index in [1.807, 2.05) is 41.8 Å². The molecule has 1 aliphatic heterocycles. The minimum Gasteiger partial charge on any atom is -0.493 e. The Morgan fingerprint density at radius 2 is 2.03 bits per heavy atom. The van der Waals surface area contributed by atoms with Crippen LogP contribution in [0.3, 0.4) is 0 Å². The average molecular weight is 484 g/mol. The fourth-order valence-corrected chi connectivity index (χ4v) is 4.63. The van der Waals surface area contributed by atoms with Gasteiger partial charge in [0.1, 0.15) is 12.1 Å². The maximum absolute atomic E-state index is 13.4. The topological polar surface area (TPSA) is 81.8 Å². The molecule has 2 aromatic carbocycles. The van der Waals surface area contributed by atoms with Crippen molar-refractivity contribution in [3.8, 4) is 11.5 Å². The number of amides is 1. The maximum Gasteiger partial charge on any atom is 0.387 e. The molecule has 0 bridgehead atoms. The molecule has 2 aromatic heterocycles. The number of hydrogen-bond donors (Lipinski definition) is 0. The molecule has 0 N–H and O–H groups in total. The minimum absolute atomic E-state index is 0.0536. The molecule has 0 aliphatic carbocycles. The van der Waals surface area contributed by atoms with Gasteiger partial charge in [-0.05, 0) is 41.3 Å². The lowest BCUT2D eigenvalue weighted by Gasteiger charge is -2.23. The van der Waals surface area contributed by atoms with Crippen LogP contribution in [0.1, 0.15) is 22.9 Å². The van der Waals surface area contributed by atoms with Gasteiger partial charge in [0.2, 0.25) is 0 Å². The molecule has 1 aliphatic rings. The summed E-state index contributed by atoms with van der Waals surface area (Å²) in [6, 6.07) is 15.4. The summed E-state index contributed by atoms with van der Waals surface area (Å²) in [6.45, 7) is -3.03. The largest absolute Gasteiger partial charge is 0.493 e. The van der Waals surface area contributed by atoms with Crippen LogP contribution in [-0.2, 0) is 11.3 Å². The highest BCUT2D eigenvalue weighted by atomic mass is 32.1. The zero-order valence-electron chi connectivity index (χ0n) is 18.0. The average Bonchev–Trinajstić information content (AvgIpc) is 3.59. The van der Waals surface area contributed by atoms with Gasteiger partial charge in [-0.1, -0.05) is 29.5 Å². The van der Waals surface area contributed by atoms with E-state index in [9.17, 15) is 13.6 Å². The predicted octanol–water partition coefficient (Wildman–Crippen LogP) is 4.48. The number of halogens is 2. The summed E-state index contributed by atoms with van der Waals surface area (Å²) in [5.74, 6) is -0.207. The van der Waals surface area contributed by atoms with Gasteiger partial charge < -0.3 is 9.47 Å². The van der Waals surface area contributed by atoms with Crippen LogP contribution in [0.2, 0.25) is 0 Å². The summed E-state index contributed by atoms with van der Waals surface area (Å²) in [7, 11) is 1.37. The monoisotopic (exact) mass is 483 g/mol. The van der Waals surface area contributed by atoms with E-state index < -0.39 is 12.7 Å². The molecule has 8 nitrogen and oxygen atoms in total. The number of alkyl halides is 2. The minimum atomic E-state index is -2.98. The second-order valence-electron chi connectivity index (χ2n) is 7.51. The first-order valence-corrected chi connectivity index (χ1v) is 11.3. The lowest BCUT2D eigenvalue weighted by molar-refractivity contribution is -0.133. The number of nitrogens with zero attached hydrogens (tertiary/aromatic N) is 5. The number of carbonyl (C=O) groups is 1. The van der Waals surface area contributed by atoms with Crippen molar-refractivity contribution in [3.05, 3.63) is 70.4 Å². The third-order valence-electron chi connectivity index (χ3n) is 5.47. The summed E-state index contributed by atoms with van der Waals surface area (Å²) in [4.78, 5) is 14.4. The molecule has 0 spiro atoms. The zero-order chi connectivity index (χ0) is 23.7. The Labute approximate surface area is 197 Å². The number of fused-ring (bicyclic) bond motifs is 1. The number of thiophene rings is 1. The lowest BCUT2D eigenvalue weighted by atomic mass is 10.0. The summed E-state index contributed by atoms with van der Waals surface area (Å²) >= 11 is 1.53. The molecule has 4 aromatic rings. The second-order valence-corrected chi connectivity index (χ2v) is 8.45. The van der Waals surface area contributed by atoms with Crippen LogP contribution in [0.4, 0.5) is 8.78 Å². The first-order valence-electron chi connectivity index (χ1n) is 10.4. The van der Waals surface area contributed by atoms with Gasteiger partial charge in [-0.25, -0.2) is 9.69 Å². The maximum atomic E-state index is 13.4. The molecule has 1 amide bonds. The molecule has 11 heteroatoms. The summed E-state index contributed by atoms with van der Waals surface area (Å²) in [5.41, 5.74) is 2.88. The van der Waals surface area contributed by atoms with Crippen molar-refractivity contribution in [2.24, 2.45) is 5.10 Å². The highest BCUT2D eigenvalue weighted by Crippen LogP contribution is 2.38. The summed E-state index contributed by atoms with van der Waals surface area (Å²) < 4.78 is 36.8. The number of benzene rings is 2. The zero-order valence-corrected chi connectivity index (χ0v) is 18.8. The third-order valence-corrected chi connectivity index (χ3v) is 6.38. The molecule has 0 radical (unpaired) electrons. The van der Waals surface area contributed by atoms with Crippen molar-refractivity contribution < 1.29 is 23.0 Å². The molecular formula is C23H19F2N5O3S. The third kappa shape index (κ3) is 4.21. The lowest BCUT2D eigenvalue weighted by Crippen LogP contribution is -2.30. The van der Waals surface area contributed by atoms with Crippen molar-refractivity contribution >= 4 is 34.0 Å². The van der Waals surface area contributed by atoms with E-state index in [-0.39, 0.29) is 24.0 Å². The van der Waals surface area contributed by atoms with Crippen molar-refractivity contribution in [2.45, 2.75) is 25.6 Å². The molecule has 0 unspecified atom stereocenters. The van der Waals surface area contributed by atoms with Crippen LogP contribution in [0.25, 0.3) is 11.0 Å². The van der Waals surface area contributed by atoms with E-state index in [1.54, 1.807) is 12.1 Å². The number of carbonyl (C=O) groups excluding carboxylic acids is 1. The van der Waals surface area contributed by atoms with Gasteiger partial charge in [-0.2, -0.15) is 13.9 Å². The second kappa shape index (κ2) is 9.18. The Hall–Kier alpha value is -3.86. The van der Waals surface area contributed by atoms with Crippen molar-refractivity contribution in [2.75, 3.05) is 7.11 Å². The van der Waals surface area contributed by atoms with Gasteiger partial charge in [0.25, 0.3) is 5.91 Å². The standard InChI is InChI=1S/C23H19F2N5O3S/c1-32-20-11-14(8-9-19(20)33-23(24)25)18-12-16(21-7-4-10-34-21)27-30(18)22(31)13-29-17-6-3-2-5-15(17)26-28-29/h2-11,18,23H,12-13H2,1H3/t18-/m0/s1. The fourth-order valence-electron chi connectivity index (χ4n) is 3.91. The molecule has 0 saturated carbocycles. The van der Waals surface area contributed by atoms with Gasteiger partial charge in [0, 0.05) is 6.42 Å². The highest BCUT2D eigenvalue weighted by molar-refractivity contribution is 7.12. The smallest absolute Gasteiger partial charge is 0.387 e. The van der Waals surface area contributed by atoms with E-state index in [0.717, 1.165) is 16.1 Å². The predicted molar refractivity (Wildman–Crippen MR) is 122 cm³/mol. The number of rotatable bonds is 7. The van der Waals surface area contributed by atoms with Crippen molar-refractivity contribution in [1.29, 1.82) is 0 Å². The van der Waals surface area contributed by atoms with E-state index in [2.05, 4.69) is 20.2 Å². The molecule has 0 saturated heterocycles. The molecule has 0 fully saturated rings. The van der Waals surface area contributed by atoms with Crippen LogP contribution < -0.4 is 9.47 Å². The summed E-state index contributed by atoms with van der Waals surface area (Å²) in [6.07, 6.45) is 0.461. The molecule has 34 heavy (non-hydrogen) atoms. The number of hydrogen-bond acceptors (Lipinski definition) is 7. The number of aromatic nitrogens is 3. The van der Waals surface area contributed by atoms with E-state index in [4.69, 9.17) is 4.74 Å².